The van der Waals surface area contributed by atoms with Crippen LogP contribution in [0.1, 0.15) is 48.2 Å². The van der Waals surface area contributed by atoms with Crippen molar-refractivity contribution in [3.05, 3.63) is 59.2 Å². The minimum Gasteiger partial charge on any atom is -0.344 e. The summed E-state index contributed by atoms with van der Waals surface area (Å²) in [4.78, 5) is 19.4. The predicted octanol–water partition coefficient (Wildman–Crippen LogP) is 3.91. The third-order valence-corrected chi connectivity index (χ3v) is 3.75. The van der Waals surface area contributed by atoms with Gasteiger partial charge >= 0.3 is 0 Å². The summed E-state index contributed by atoms with van der Waals surface area (Å²) in [5, 5.41) is 10.3. The van der Waals surface area contributed by atoms with E-state index >= 15 is 0 Å². The maximum absolute atomic E-state index is 12.3. The number of allylic oxidation sites excluding steroid dienone is 1. The molecule has 1 aromatic carbocycles. The van der Waals surface area contributed by atoms with Gasteiger partial charge in [-0.3, -0.25) is 10.2 Å². The first-order valence-corrected chi connectivity index (χ1v) is 7.72. The molecule has 0 aliphatic carbocycles. The van der Waals surface area contributed by atoms with Gasteiger partial charge in [0.1, 0.15) is 16.7 Å². The number of hydrogen-bond acceptors (Lipinski definition) is 3. The van der Waals surface area contributed by atoms with Gasteiger partial charge in [-0.25, -0.2) is 4.98 Å². The van der Waals surface area contributed by atoms with Gasteiger partial charge in [-0.15, -0.1) is 0 Å². The molecule has 6 heteroatoms. The second-order valence-electron chi connectivity index (χ2n) is 5.17. The first-order valence-electron chi connectivity index (χ1n) is 7.34. The summed E-state index contributed by atoms with van der Waals surface area (Å²) >= 11 is 5.60. The van der Waals surface area contributed by atoms with Crippen molar-refractivity contribution < 1.29 is 4.79 Å². The van der Waals surface area contributed by atoms with E-state index in [-0.39, 0.29) is 17.1 Å². The average Bonchev–Trinajstić information content (AvgIpc) is 3.01. The van der Waals surface area contributed by atoms with E-state index < -0.39 is 0 Å². The normalized spacial score (nSPS) is 12.7. The van der Waals surface area contributed by atoms with Crippen molar-refractivity contribution in [2.45, 2.75) is 26.3 Å². The number of nitrogens with one attached hydrogen (secondary N) is 3. The van der Waals surface area contributed by atoms with E-state index in [1.54, 1.807) is 13.0 Å². The fourth-order valence-corrected chi connectivity index (χ4v) is 2.19. The molecule has 0 aliphatic rings. The van der Waals surface area contributed by atoms with Crippen molar-refractivity contribution in [1.29, 1.82) is 5.41 Å². The van der Waals surface area contributed by atoms with Crippen molar-refractivity contribution >= 4 is 28.8 Å². The predicted molar refractivity (Wildman–Crippen MR) is 92.8 cm³/mol. The van der Waals surface area contributed by atoms with E-state index in [1.165, 1.54) is 6.20 Å². The van der Waals surface area contributed by atoms with Crippen molar-refractivity contribution in [2.24, 2.45) is 0 Å². The molecule has 0 fully saturated rings. The highest BCUT2D eigenvalue weighted by Gasteiger charge is 2.15. The molecule has 1 aromatic heterocycles. The largest absolute Gasteiger partial charge is 0.344 e. The number of aromatic nitrogens is 2. The molecule has 0 saturated heterocycles. The van der Waals surface area contributed by atoms with Gasteiger partial charge in [0.05, 0.1) is 12.2 Å². The van der Waals surface area contributed by atoms with Crippen molar-refractivity contribution in [3.8, 4) is 0 Å². The average molecular weight is 331 g/mol. The monoisotopic (exact) mass is 330 g/mol. The van der Waals surface area contributed by atoms with Crippen LogP contribution in [0.3, 0.4) is 0 Å². The van der Waals surface area contributed by atoms with Crippen LogP contribution in [0, 0.1) is 5.41 Å². The minimum atomic E-state index is -0.216. The second-order valence-corrected chi connectivity index (χ2v) is 5.55. The van der Waals surface area contributed by atoms with Crippen LogP contribution in [0.5, 0.6) is 0 Å². The third-order valence-electron chi connectivity index (χ3n) is 3.46. The van der Waals surface area contributed by atoms with E-state index in [0.29, 0.717) is 17.1 Å². The summed E-state index contributed by atoms with van der Waals surface area (Å²) in [7, 11) is 0. The summed E-state index contributed by atoms with van der Waals surface area (Å²) in [5.41, 5.74) is 2.01. The van der Waals surface area contributed by atoms with Crippen LogP contribution < -0.4 is 5.32 Å². The molecule has 1 atom stereocenters. The number of imidazole rings is 1. The van der Waals surface area contributed by atoms with Crippen LogP contribution >= 0.6 is 11.6 Å². The number of aromatic amines is 1. The van der Waals surface area contributed by atoms with Gasteiger partial charge in [-0.1, -0.05) is 48.9 Å². The zero-order chi connectivity index (χ0) is 16.8. The van der Waals surface area contributed by atoms with Crippen molar-refractivity contribution in [2.75, 3.05) is 0 Å². The Labute approximate surface area is 140 Å². The zero-order valence-corrected chi connectivity index (χ0v) is 13.8. The number of carbonyl (C=O) groups excluding carboxylic acids is 1. The van der Waals surface area contributed by atoms with Gasteiger partial charge in [-0.2, -0.15) is 0 Å². The van der Waals surface area contributed by atoms with E-state index in [4.69, 9.17) is 17.0 Å². The Morgan fingerprint density at radius 3 is 2.74 bits per heavy atom. The topological polar surface area (TPSA) is 81.6 Å². The first kappa shape index (κ1) is 17.0. The number of rotatable bonds is 6. The summed E-state index contributed by atoms with van der Waals surface area (Å²) in [6.45, 7) is 3.73. The number of amides is 1. The Morgan fingerprint density at radius 2 is 2.13 bits per heavy atom. The molecule has 0 radical (unpaired) electrons. The molecular weight excluding hydrogens is 312 g/mol. The van der Waals surface area contributed by atoms with Crippen LogP contribution in [0.4, 0.5) is 0 Å². The first-order chi connectivity index (χ1) is 11.0. The molecule has 5 nitrogen and oxygen atoms in total. The number of nitrogens with zero attached hydrogens (tertiary/aromatic N) is 1. The molecule has 120 valence electrons. The standard InChI is InChI=1S/C17H19ClN4O/c1-3-13(12-7-5-4-6-8-12)22-17(23)14-10-20-15(21-14)9-11(2)16(18)19/h4-10,13,19H,3H2,1-2H3,(H,20,21)(H,22,23)/b11-9-,19-16?. The summed E-state index contributed by atoms with van der Waals surface area (Å²) in [5.74, 6) is 0.275. The van der Waals surface area contributed by atoms with Gasteiger partial charge in [0.15, 0.2) is 0 Å². The fourth-order valence-electron chi connectivity index (χ4n) is 2.14. The SMILES string of the molecule is CCC(NC(=O)c1cnc(/C=C(/C)C(=N)Cl)[nH]1)c1ccccc1. The maximum atomic E-state index is 12.3. The van der Waals surface area contributed by atoms with E-state index in [9.17, 15) is 4.79 Å². The van der Waals surface area contributed by atoms with Gasteiger partial charge in [0.2, 0.25) is 0 Å². The maximum Gasteiger partial charge on any atom is 0.269 e. The molecule has 2 aromatic rings. The number of hydrogen-bond donors (Lipinski definition) is 3. The number of halogens is 1. The van der Waals surface area contributed by atoms with Crippen LogP contribution in [-0.2, 0) is 0 Å². The summed E-state index contributed by atoms with van der Waals surface area (Å²) in [6.07, 6.45) is 3.89. The van der Waals surface area contributed by atoms with Crippen molar-refractivity contribution in [3.63, 3.8) is 0 Å². The molecular formula is C17H19ClN4O. The van der Waals surface area contributed by atoms with Gasteiger partial charge in [0, 0.05) is 0 Å². The molecule has 0 aliphatic heterocycles. The highest BCUT2D eigenvalue weighted by molar-refractivity contribution is 6.69. The lowest BCUT2D eigenvalue weighted by molar-refractivity contribution is 0.0931. The molecule has 23 heavy (non-hydrogen) atoms. The lowest BCUT2D eigenvalue weighted by Gasteiger charge is -2.16. The smallest absolute Gasteiger partial charge is 0.269 e. The Morgan fingerprint density at radius 1 is 1.43 bits per heavy atom. The van der Waals surface area contributed by atoms with E-state index in [2.05, 4.69) is 15.3 Å². The Balaban J connectivity index is 2.10. The highest BCUT2D eigenvalue weighted by Crippen LogP contribution is 2.16. The lowest BCUT2D eigenvalue weighted by atomic mass is 10.0. The number of H-pyrrole nitrogens is 1. The van der Waals surface area contributed by atoms with Gasteiger partial charge in [-0.05, 0) is 30.6 Å². The molecule has 0 bridgehead atoms. The van der Waals surface area contributed by atoms with Crippen LogP contribution in [0.15, 0.2) is 42.1 Å². The Bertz CT molecular complexity index is 721. The van der Waals surface area contributed by atoms with Gasteiger partial charge in [0.25, 0.3) is 5.91 Å². The highest BCUT2D eigenvalue weighted by atomic mass is 35.5. The quantitative estimate of drug-likeness (QED) is 0.702. The van der Waals surface area contributed by atoms with E-state index in [1.807, 2.05) is 37.3 Å². The molecule has 1 amide bonds. The lowest BCUT2D eigenvalue weighted by Crippen LogP contribution is -2.28. The molecule has 0 spiro atoms. The minimum absolute atomic E-state index is 0.0521. The molecule has 0 saturated carbocycles. The van der Waals surface area contributed by atoms with E-state index in [0.717, 1.165) is 12.0 Å². The molecule has 3 N–H and O–H groups in total. The van der Waals surface area contributed by atoms with Crippen molar-refractivity contribution in [1.82, 2.24) is 15.3 Å². The van der Waals surface area contributed by atoms with Gasteiger partial charge < -0.3 is 10.3 Å². The third kappa shape index (κ3) is 4.53. The molecule has 2 rings (SSSR count). The van der Waals surface area contributed by atoms with Crippen LogP contribution in [-0.4, -0.2) is 21.0 Å². The molecule has 1 heterocycles. The van der Waals surface area contributed by atoms with Crippen LogP contribution in [0.25, 0.3) is 6.08 Å². The zero-order valence-electron chi connectivity index (χ0n) is 13.1. The Kier molecular flexibility index (Phi) is 5.71. The summed E-state index contributed by atoms with van der Waals surface area (Å²) < 4.78 is 0. The number of carbonyl (C=O) groups is 1. The Hall–Kier alpha value is -2.40. The second kappa shape index (κ2) is 7.74. The van der Waals surface area contributed by atoms with Crippen LogP contribution in [0.2, 0.25) is 0 Å². The number of benzene rings is 1. The fraction of sp³-hybridized carbons (Fsp3) is 0.235. The molecule has 1 unspecified atom stereocenters. The summed E-state index contributed by atoms with van der Waals surface area (Å²) in [6, 6.07) is 9.78.